The molecule has 2 bridgehead atoms. The van der Waals surface area contributed by atoms with Crippen LogP contribution in [0, 0.1) is 0 Å². The van der Waals surface area contributed by atoms with Gasteiger partial charge >= 0.3 is 0 Å². The topological polar surface area (TPSA) is 69.7 Å². The van der Waals surface area contributed by atoms with Crippen molar-refractivity contribution in [2.24, 2.45) is 0 Å². The molecule has 2 aromatic rings. The number of imide groups is 1. The highest BCUT2D eigenvalue weighted by atomic mass is 16.2. The number of hydrogen-bond acceptors (Lipinski definition) is 4. The molecule has 3 heterocycles. The molecule has 2 saturated heterocycles. The first kappa shape index (κ1) is 18.1. The third kappa shape index (κ3) is 3.04. The highest BCUT2D eigenvalue weighted by Gasteiger charge is 2.39. The average Bonchev–Trinajstić information content (AvgIpc) is 3.15. The van der Waals surface area contributed by atoms with E-state index in [1.807, 2.05) is 29.2 Å². The highest BCUT2D eigenvalue weighted by Crippen LogP contribution is 2.30. The molecule has 2 fully saturated rings. The number of benzene rings is 2. The number of nitrogens with one attached hydrogen (secondary N) is 1. The lowest BCUT2D eigenvalue weighted by Gasteiger charge is -2.28. The first-order chi connectivity index (χ1) is 14.1. The van der Waals surface area contributed by atoms with E-state index in [2.05, 4.69) is 5.32 Å². The number of carbonyl (C=O) groups is 3. The maximum atomic E-state index is 13.3. The number of amides is 3. The lowest BCUT2D eigenvalue weighted by atomic mass is 10.1. The summed E-state index contributed by atoms with van der Waals surface area (Å²) < 4.78 is 0. The second-order valence-electron chi connectivity index (χ2n) is 8.03. The van der Waals surface area contributed by atoms with Crippen molar-refractivity contribution in [2.75, 3.05) is 13.1 Å². The molecule has 2 unspecified atom stereocenters. The van der Waals surface area contributed by atoms with E-state index in [-0.39, 0.29) is 30.3 Å². The molecule has 0 radical (unpaired) electrons. The SMILES string of the molecule is O=C1c2ccccc2C(=O)N1Cc1cccc(C(=O)N2C3CCNCC2CC3)c1. The summed E-state index contributed by atoms with van der Waals surface area (Å²) in [5, 5.41) is 3.42. The summed E-state index contributed by atoms with van der Waals surface area (Å²) >= 11 is 0. The van der Waals surface area contributed by atoms with Crippen LogP contribution in [0.25, 0.3) is 0 Å². The zero-order chi connectivity index (χ0) is 20.0. The van der Waals surface area contributed by atoms with Gasteiger partial charge in [-0.05, 0) is 55.6 Å². The number of carbonyl (C=O) groups excluding carboxylic acids is 3. The summed E-state index contributed by atoms with van der Waals surface area (Å²) in [6.45, 7) is 1.96. The van der Waals surface area contributed by atoms with Crippen LogP contribution in [0.4, 0.5) is 0 Å². The fraction of sp³-hybridized carbons (Fsp3) is 0.348. The van der Waals surface area contributed by atoms with Crippen LogP contribution in [0.2, 0.25) is 0 Å². The Bertz CT molecular complexity index is 953. The molecule has 6 heteroatoms. The molecule has 0 aromatic heterocycles. The minimum absolute atomic E-state index is 0.0467. The molecule has 29 heavy (non-hydrogen) atoms. The van der Waals surface area contributed by atoms with Gasteiger partial charge in [0.05, 0.1) is 17.7 Å². The fourth-order valence-corrected chi connectivity index (χ4v) is 4.83. The standard InChI is InChI=1S/C23H23N3O3/c27-21(26-17-8-9-18(26)13-24-11-10-17)16-5-3-4-15(12-16)14-25-22(28)19-6-1-2-7-20(19)23(25)29/h1-7,12,17-18,24H,8-11,13-14H2. The van der Waals surface area contributed by atoms with Crippen LogP contribution in [-0.4, -0.2) is 52.7 Å². The molecule has 1 N–H and O–H groups in total. The Morgan fingerprint density at radius 3 is 2.41 bits per heavy atom. The number of rotatable bonds is 3. The van der Waals surface area contributed by atoms with E-state index in [9.17, 15) is 14.4 Å². The summed E-state index contributed by atoms with van der Waals surface area (Å²) in [5.74, 6) is -0.511. The molecular formula is C23H23N3O3. The third-order valence-electron chi connectivity index (χ3n) is 6.28. The second-order valence-corrected chi connectivity index (χ2v) is 8.03. The molecule has 0 aliphatic carbocycles. The zero-order valence-corrected chi connectivity index (χ0v) is 16.1. The van der Waals surface area contributed by atoms with Gasteiger partial charge in [-0.2, -0.15) is 0 Å². The van der Waals surface area contributed by atoms with Crippen molar-refractivity contribution in [2.45, 2.75) is 37.9 Å². The first-order valence-electron chi connectivity index (χ1n) is 10.2. The van der Waals surface area contributed by atoms with Gasteiger partial charge in [0.1, 0.15) is 0 Å². The zero-order valence-electron chi connectivity index (χ0n) is 16.1. The van der Waals surface area contributed by atoms with Gasteiger partial charge in [0.2, 0.25) is 0 Å². The van der Waals surface area contributed by atoms with E-state index in [0.29, 0.717) is 22.7 Å². The Balaban J connectivity index is 1.38. The molecule has 148 valence electrons. The van der Waals surface area contributed by atoms with Gasteiger partial charge in [0, 0.05) is 24.2 Å². The Morgan fingerprint density at radius 1 is 0.931 bits per heavy atom. The average molecular weight is 389 g/mol. The van der Waals surface area contributed by atoms with Crippen LogP contribution in [0.1, 0.15) is 55.9 Å². The van der Waals surface area contributed by atoms with Crippen molar-refractivity contribution in [1.29, 1.82) is 0 Å². The Morgan fingerprint density at radius 2 is 1.66 bits per heavy atom. The van der Waals surface area contributed by atoms with Crippen LogP contribution < -0.4 is 5.32 Å². The Hall–Kier alpha value is -2.99. The summed E-state index contributed by atoms with van der Waals surface area (Å²) in [6.07, 6.45) is 3.09. The lowest BCUT2D eigenvalue weighted by molar-refractivity contribution is 0.0641. The van der Waals surface area contributed by atoms with Crippen LogP contribution >= 0.6 is 0 Å². The molecule has 3 aliphatic rings. The summed E-state index contributed by atoms with van der Waals surface area (Å²) in [4.78, 5) is 41.8. The van der Waals surface area contributed by atoms with Gasteiger partial charge in [-0.1, -0.05) is 24.3 Å². The quantitative estimate of drug-likeness (QED) is 0.819. The molecule has 5 rings (SSSR count). The molecule has 2 atom stereocenters. The van der Waals surface area contributed by atoms with Crippen molar-refractivity contribution < 1.29 is 14.4 Å². The first-order valence-corrected chi connectivity index (χ1v) is 10.2. The minimum Gasteiger partial charge on any atom is -0.331 e. The predicted molar refractivity (Wildman–Crippen MR) is 108 cm³/mol. The largest absolute Gasteiger partial charge is 0.331 e. The lowest BCUT2D eigenvalue weighted by Crippen LogP contribution is -2.42. The molecular weight excluding hydrogens is 366 g/mol. The summed E-state index contributed by atoms with van der Waals surface area (Å²) in [5.41, 5.74) is 2.29. The van der Waals surface area contributed by atoms with Gasteiger partial charge in [-0.15, -0.1) is 0 Å². The molecule has 3 amide bonds. The van der Waals surface area contributed by atoms with Crippen molar-refractivity contribution in [3.63, 3.8) is 0 Å². The molecule has 3 aliphatic heterocycles. The van der Waals surface area contributed by atoms with E-state index in [1.54, 1.807) is 24.3 Å². The Kier molecular flexibility index (Phi) is 4.43. The van der Waals surface area contributed by atoms with E-state index >= 15 is 0 Å². The number of hydrogen-bond donors (Lipinski definition) is 1. The van der Waals surface area contributed by atoms with Crippen molar-refractivity contribution in [1.82, 2.24) is 15.1 Å². The Labute approximate surface area is 169 Å². The molecule has 0 saturated carbocycles. The van der Waals surface area contributed by atoms with Gasteiger partial charge in [-0.25, -0.2) is 0 Å². The van der Waals surface area contributed by atoms with Crippen LogP contribution in [-0.2, 0) is 6.54 Å². The van der Waals surface area contributed by atoms with Gasteiger partial charge in [0.15, 0.2) is 0 Å². The smallest absolute Gasteiger partial charge is 0.261 e. The van der Waals surface area contributed by atoms with Crippen molar-refractivity contribution >= 4 is 17.7 Å². The molecule has 0 spiro atoms. The third-order valence-corrected chi connectivity index (χ3v) is 6.28. The van der Waals surface area contributed by atoms with Crippen LogP contribution in [0.5, 0.6) is 0 Å². The normalized spacial score (nSPS) is 23.3. The van der Waals surface area contributed by atoms with Gasteiger partial charge < -0.3 is 10.2 Å². The van der Waals surface area contributed by atoms with Crippen LogP contribution in [0.3, 0.4) is 0 Å². The maximum Gasteiger partial charge on any atom is 0.261 e. The fourth-order valence-electron chi connectivity index (χ4n) is 4.83. The van der Waals surface area contributed by atoms with E-state index < -0.39 is 0 Å². The summed E-state index contributed by atoms with van der Waals surface area (Å²) in [6, 6.07) is 14.8. The second kappa shape index (κ2) is 7.12. The van der Waals surface area contributed by atoms with Crippen LogP contribution in [0.15, 0.2) is 48.5 Å². The predicted octanol–water partition coefficient (Wildman–Crippen LogP) is 2.45. The van der Waals surface area contributed by atoms with Crippen molar-refractivity contribution in [3.8, 4) is 0 Å². The van der Waals surface area contributed by atoms with E-state index in [1.165, 1.54) is 4.90 Å². The van der Waals surface area contributed by atoms with Gasteiger partial charge in [0.25, 0.3) is 17.7 Å². The number of fused-ring (bicyclic) bond motifs is 3. The molecule has 2 aromatic carbocycles. The number of nitrogens with zero attached hydrogens (tertiary/aromatic N) is 2. The minimum atomic E-state index is -0.279. The monoisotopic (exact) mass is 389 g/mol. The highest BCUT2D eigenvalue weighted by molar-refractivity contribution is 6.21. The summed E-state index contributed by atoms with van der Waals surface area (Å²) in [7, 11) is 0. The van der Waals surface area contributed by atoms with Gasteiger partial charge in [-0.3, -0.25) is 19.3 Å². The molecule has 6 nitrogen and oxygen atoms in total. The maximum absolute atomic E-state index is 13.3. The van der Waals surface area contributed by atoms with Crippen molar-refractivity contribution in [3.05, 3.63) is 70.8 Å². The van der Waals surface area contributed by atoms with E-state index in [4.69, 9.17) is 0 Å². The van der Waals surface area contributed by atoms with E-state index in [0.717, 1.165) is 37.9 Å².